The lowest BCUT2D eigenvalue weighted by molar-refractivity contribution is -0.154. The second kappa shape index (κ2) is 6.59. The van der Waals surface area contributed by atoms with Crippen LogP contribution in [-0.4, -0.2) is 30.9 Å². The van der Waals surface area contributed by atoms with E-state index in [1.165, 1.54) is 0 Å². The third kappa shape index (κ3) is 3.34. The molecule has 0 radical (unpaired) electrons. The molecule has 0 fully saturated rings. The molecule has 4 heteroatoms. The molecule has 2 atom stereocenters. The average molecular weight is 288 g/mol. The fourth-order valence-electron chi connectivity index (χ4n) is 2.27. The number of esters is 1. The largest absolute Gasteiger partial charge is 0.497 e. The van der Waals surface area contributed by atoms with E-state index < -0.39 is 12.1 Å². The van der Waals surface area contributed by atoms with E-state index in [0.29, 0.717) is 0 Å². The summed E-state index contributed by atoms with van der Waals surface area (Å²) in [5.41, 5.74) is 0.896. The summed E-state index contributed by atoms with van der Waals surface area (Å²) < 4.78 is 10.1. The van der Waals surface area contributed by atoms with Crippen LogP contribution in [0.5, 0.6) is 5.75 Å². The van der Waals surface area contributed by atoms with E-state index in [1.807, 2.05) is 43.3 Å². The van der Waals surface area contributed by atoms with Crippen molar-refractivity contribution in [2.75, 3.05) is 13.7 Å². The van der Waals surface area contributed by atoms with Gasteiger partial charge in [0.25, 0.3) is 0 Å². The fourth-order valence-corrected chi connectivity index (χ4v) is 2.27. The van der Waals surface area contributed by atoms with Crippen LogP contribution in [0.25, 0.3) is 10.8 Å². The molecule has 0 aliphatic heterocycles. The molecule has 0 spiro atoms. The van der Waals surface area contributed by atoms with Crippen molar-refractivity contribution >= 4 is 16.7 Å². The highest BCUT2D eigenvalue weighted by Gasteiger charge is 2.25. The summed E-state index contributed by atoms with van der Waals surface area (Å²) in [7, 11) is 1.63. The van der Waals surface area contributed by atoms with Crippen LogP contribution in [-0.2, 0) is 9.53 Å². The first-order valence-corrected chi connectivity index (χ1v) is 6.99. The predicted molar refractivity (Wildman–Crippen MR) is 81.6 cm³/mol. The molecule has 2 aromatic rings. The van der Waals surface area contributed by atoms with Crippen LogP contribution >= 0.6 is 0 Å². The van der Waals surface area contributed by atoms with Crippen molar-refractivity contribution in [1.82, 2.24) is 0 Å². The number of aliphatic hydroxyl groups is 1. The predicted octanol–water partition coefficient (Wildman–Crippen LogP) is 2.88. The Morgan fingerprint density at radius 1 is 1.19 bits per heavy atom. The van der Waals surface area contributed by atoms with E-state index in [2.05, 4.69) is 0 Å². The molecule has 0 aliphatic carbocycles. The minimum absolute atomic E-state index is 0.264. The van der Waals surface area contributed by atoms with Crippen LogP contribution in [0.2, 0.25) is 0 Å². The molecule has 21 heavy (non-hydrogen) atoms. The maximum absolute atomic E-state index is 11.6. The first kappa shape index (κ1) is 15.3. The number of carbonyl (C=O) groups excluding carboxylic acids is 1. The molecule has 0 bridgehead atoms. The number of benzene rings is 2. The molecular formula is C17H20O4. The van der Waals surface area contributed by atoms with Crippen LogP contribution in [0.3, 0.4) is 0 Å². The van der Waals surface area contributed by atoms with Gasteiger partial charge in [-0.1, -0.05) is 31.2 Å². The van der Waals surface area contributed by atoms with Gasteiger partial charge in [0, 0.05) is 5.92 Å². The van der Waals surface area contributed by atoms with Gasteiger partial charge in [-0.25, -0.2) is 4.79 Å². The van der Waals surface area contributed by atoms with Crippen LogP contribution < -0.4 is 4.74 Å². The number of hydrogen-bond donors (Lipinski definition) is 1. The molecule has 0 heterocycles. The van der Waals surface area contributed by atoms with Gasteiger partial charge < -0.3 is 14.6 Å². The number of rotatable bonds is 5. The van der Waals surface area contributed by atoms with Crippen LogP contribution in [0.1, 0.15) is 25.3 Å². The number of carbonyl (C=O) groups is 1. The first-order valence-electron chi connectivity index (χ1n) is 6.99. The van der Waals surface area contributed by atoms with Crippen molar-refractivity contribution in [3.8, 4) is 5.75 Å². The lowest BCUT2D eigenvalue weighted by atomic mass is 9.93. The zero-order valence-corrected chi connectivity index (χ0v) is 12.5. The quantitative estimate of drug-likeness (QED) is 0.860. The minimum Gasteiger partial charge on any atom is -0.497 e. The van der Waals surface area contributed by atoms with Crippen LogP contribution in [0.4, 0.5) is 0 Å². The van der Waals surface area contributed by atoms with Gasteiger partial charge in [-0.2, -0.15) is 0 Å². The van der Waals surface area contributed by atoms with Crippen molar-refractivity contribution in [3.05, 3.63) is 42.0 Å². The summed E-state index contributed by atoms with van der Waals surface area (Å²) in [6, 6.07) is 11.6. The summed E-state index contributed by atoms with van der Waals surface area (Å²) >= 11 is 0. The molecule has 0 aromatic heterocycles. The molecule has 4 nitrogen and oxygen atoms in total. The van der Waals surface area contributed by atoms with Crippen molar-refractivity contribution in [1.29, 1.82) is 0 Å². The fraction of sp³-hybridized carbons (Fsp3) is 0.353. The Bertz CT molecular complexity index is 636. The van der Waals surface area contributed by atoms with Gasteiger partial charge in [-0.15, -0.1) is 0 Å². The summed E-state index contributed by atoms with van der Waals surface area (Å²) in [5.74, 6) is -0.106. The first-order chi connectivity index (χ1) is 10.1. The molecule has 112 valence electrons. The number of ether oxygens (including phenoxy) is 2. The Kier molecular flexibility index (Phi) is 4.81. The Morgan fingerprint density at radius 3 is 2.52 bits per heavy atom. The smallest absolute Gasteiger partial charge is 0.335 e. The molecule has 0 aliphatic rings. The second-order valence-corrected chi connectivity index (χ2v) is 4.96. The monoisotopic (exact) mass is 288 g/mol. The molecule has 0 saturated carbocycles. The number of hydrogen-bond acceptors (Lipinski definition) is 4. The summed E-state index contributed by atoms with van der Waals surface area (Å²) in [6.07, 6.45) is -1.15. The lowest BCUT2D eigenvalue weighted by Gasteiger charge is -2.18. The minimum atomic E-state index is -1.15. The SMILES string of the molecule is CCOC(=O)C(O)C(C)c1ccc2cc(OC)ccc2c1. The Labute approximate surface area is 124 Å². The maximum atomic E-state index is 11.6. The summed E-state index contributed by atoms with van der Waals surface area (Å²) in [6.45, 7) is 3.80. The highest BCUT2D eigenvalue weighted by molar-refractivity contribution is 5.85. The van der Waals surface area contributed by atoms with E-state index in [1.54, 1.807) is 14.0 Å². The standard InChI is InChI=1S/C17H20O4/c1-4-21-17(19)16(18)11(2)12-5-6-14-10-15(20-3)8-7-13(14)9-12/h5-11,16,18H,4H2,1-3H3. The molecule has 1 N–H and O–H groups in total. The Balaban J connectivity index is 2.27. The van der Waals surface area contributed by atoms with Gasteiger partial charge in [0.2, 0.25) is 0 Å². The molecule has 2 unspecified atom stereocenters. The molecular weight excluding hydrogens is 268 g/mol. The molecule has 2 rings (SSSR count). The van der Waals surface area contributed by atoms with Gasteiger partial charge in [0.1, 0.15) is 5.75 Å². The summed E-state index contributed by atoms with van der Waals surface area (Å²) in [4.78, 5) is 11.6. The topological polar surface area (TPSA) is 55.8 Å². The van der Waals surface area contributed by atoms with Crippen molar-refractivity contribution in [2.24, 2.45) is 0 Å². The average Bonchev–Trinajstić information content (AvgIpc) is 2.52. The normalized spacial score (nSPS) is 13.7. The third-order valence-electron chi connectivity index (χ3n) is 3.60. The Hall–Kier alpha value is -2.07. The van der Waals surface area contributed by atoms with E-state index >= 15 is 0 Å². The molecule has 2 aromatic carbocycles. The number of methoxy groups -OCH3 is 1. The number of fused-ring (bicyclic) bond motifs is 1. The molecule has 0 amide bonds. The van der Waals surface area contributed by atoms with Gasteiger partial charge in [0.15, 0.2) is 6.10 Å². The third-order valence-corrected chi connectivity index (χ3v) is 3.60. The van der Waals surface area contributed by atoms with Crippen molar-refractivity contribution in [2.45, 2.75) is 25.9 Å². The van der Waals surface area contributed by atoms with E-state index in [9.17, 15) is 9.90 Å². The van der Waals surface area contributed by atoms with Gasteiger partial charge >= 0.3 is 5.97 Å². The Morgan fingerprint density at radius 2 is 1.86 bits per heavy atom. The highest BCUT2D eigenvalue weighted by atomic mass is 16.5. The van der Waals surface area contributed by atoms with E-state index in [4.69, 9.17) is 9.47 Å². The van der Waals surface area contributed by atoms with Crippen LogP contribution in [0.15, 0.2) is 36.4 Å². The highest BCUT2D eigenvalue weighted by Crippen LogP contribution is 2.27. The van der Waals surface area contributed by atoms with Crippen molar-refractivity contribution in [3.63, 3.8) is 0 Å². The van der Waals surface area contributed by atoms with E-state index in [0.717, 1.165) is 22.1 Å². The second-order valence-electron chi connectivity index (χ2n) is 4.96. The molecule has 0 saturated heterocycles. The zero-order valence-electron chi connectivity index (χ0n) is 12.5. The number of aliphatic hydroxyl groups excluding tert-OH is 1. The lowest BCUT2D eigenvalue weighted by Crippen LogP contribution is -2.28. The van der Waals surface area contributed by atoms with Gasteiger partial charge in [-0.05, 0) is 35.4 Å². The summed E-state index contributed by atoms with van der Waals surface area (Å²) in [5, 5.41) is 12.1. The zero-order chi connectivity index (χ0) is 15.4. The maximum Gasteiger partial charge on any atom is 0.335 e. The van der Waals surface area contributed by atoms with Crippen molar-refractivity contribution < 1.29 is 19.4 Å². The van der Waals surface area contributed by atoms with E-state index in [-0.39, 0.29) is 12.5 Å². The van der Waals surface area contributed by atoms with Gasteiger partial charge in [0.05, 0.1) is 13.7 Å². The van der Waals surface area contributed by atoms with Crippen LogP contribution in [0, 0.1) is 0 Å². The van der Waals surface area contributed by atoms with Gasteiger partial charge in [-0.3, -0.25) is 0 Å².